The van der Waals surface area contributed by atoms with Crippen LogP contribution in [0.4, 0.5) is 18.9 Å². The maximum Gasteiger partial charge on any atom is 0.433 e. The zero-order chi connectivity index (χ0) is 18.0. The molecule has 2 aromatic heterocycles. The first kappa shape index (κ1) is 17.0. The predicted octanol–water partition coefficient (Wildman–Crippen LogP) is 4.46. The third-order valence-corrected chi connectivity index (χ3v) is 3.94. The second-order valence-corrected chi connectivity index (χ2v) is 5.77. The van der Waals surface area contributed by atoms with E-state index >= 15 is 0 Å². The highest BCUT2D eigenvalue weighted by Gasteiger charge is 2.32. The van der Waals surface area contributed by atoms with E-state index in [1.54, 1.807) is 6.07 Å². The van der Waals surface area contributed by atoms with Gasteiger partial charge in [-0.25, -0.2) is 4.98 Å². The molecule has 0 aliphatic heterocycles. The van der Waals surface area contributed by atoms with E-state index in [9.17, 15) is 18.0 Å². The van der Waals surface area contributed by atoms with Gasteiger partial charge in [-0.2, -0.15) is 13.2 Å². The van der Waals surface area contributed by atoms with Gasteiger partial charge in [-0.15, -0.1) is 0 Å². The van der Waals surface area contributed by atoms with Gasteiger partial charge in [-0.05, 0) is 49.2 Å². The summed E-state index contributed by atoms with van der Waals surface area (Å²) in [4.78, 5) is 18.7. The summed E-state index contributed by atoms with van der Waals surface area (Å²) in [5, 5.41) is 3.78. The minimum Gasteiger partial charge on any atom is -0.361 e. The van der Waals surface area contributed by atoms with Crippen molar-refractivity contribution in [2.45, 2.75) is 25.9 Å². The van der Waals surface area contributed by atoms with Crippen LogP contribution in [-0.2, 0) is 17.4 Å². The minimum atomic E-state index is -4.46. The molecule has 0 spiro atoms. The van der Waals surface area contributed by atoms with Gasteiger partial charge in [0.25, 0.3) is 0 Å². The number of hydrogen-bond acceptors (Lipinski definition) is 2. The monoisotopic (exact) mass is 347 g/mol. The average molecular weight is 347 g/mol. The maximum atomic E-state index is 12.6. The molecular formula is C18H16F3N3O. The van der Waals surface area contributed by atoms with Crippen molar-refractivity contribution in [1.82, 2.24) is 9.97 Å². The molecule has 25 heavy (non-hydrogen) atoms. The molecule has 0 aliphatic carbocycles. The van der Waals surface area contributed by atoms with Crippen molar-refractivity contribution in [2.24, 2.45) is 0 Å². The summed E-state index contributed by atoms with van der Waals surface area (Å²) in [7, 11) is 0. The normalized spacial score (nSPS) is 11.7. The number of carbonyl (C=O) groups excluding carboxylic acids is 1. The van der Waals surface area contributed by atoms with E-state index in [4.69, 9.17) is 0 Å². The molecule has 2 N–H and O–H groups in total. The van der Waals surface area contributed by atoms with Crippen LogP contribution in [-0.4, -0.2) is 15.9 Å². The third-order valence-electron chi connectivity index (χ3n) is 3.94. The number of aryl methyl sites for hydroxylation is 2. The van der Waals surface area contributed by atoms with E-state index in [0.717, 1.165) is 17.0 Å². The first-order chi connectivity index (χ1) is 11.8. The second-order valence-electron chi connectivity index (χ2n) is 5.77. The van der Waals surface area contributed by atoms with Crippen molar-refractivity contribution in [1.29, 1.82) is 0 Å². The van der Waals surface area contributed by atoms with E-state index in [2.05, 4.69) is 15.3 Å². The number of hydrogen-bond donors (Lipinski definition) is 2. The predicted molar refractivity (Wildman–Crippen MR) is 89.2 cm³/mol. The van der Waals surface area contributed by atoms with Crippen molar-refractivity contribution >= 4 is 22.5 Å². The van der Waals surface area contributed by atoms with Crippen LogP contribution in [0.25, 0.3) is 10.9 Å². The summed E-state index contributed by atoms with van der Waals surface area (Å²) in [5.74, 6) is -0.200. The Bertz CT molecular complexity index is 915. The fourth-order valence-electron chi connectivity index (χ4n) is 2.61. The Morgan fingerprint density at radius 1 is 1.20 bits per heavy atom. The summed E-state index contributed by atoms with van der Waals surface area (Å²) in [6.07, 6.45) is -2.15. The fourth-order valence-corrected chi connectivity index (χ4v) is 2.61. The van der Waals surface area contributed by atoms with Crippen LogP contribution in [0.2, 0.25) is 0 Å². The zero-order valence-corrected chi connectivity index (χ0v) is 13.4. The highest BCUT2D eigenvalue weighted by atomic mass is 19.4. The van der Waals surface area contributed by atoms with E-state index in [-0.39, 0.29) is 18.0 Å². The molecule has 0 fully saturated rings. The zero-order valence-electron chi connectivity index (χ0n) is 13.4. The van der Waals surface area contributed by atoms with E-state index in [1.165, 1.54) is 13.0 Å². The number of amides is 1. The SMILES string of the molecule is Cc1nc(C(F)(F)F)ccc1CCC(=O)Nc1ccc2[nH]ccc2c1. The van der Waals surface area contributed by atoms with Crippen molar-refractivity contribution < 1.29 is 18.0 Å². The second kappa shape index (κ2) is 6.58. The highest BCUT2D eigenvalue weighted by molar-refractivity contribution is 5.93. The molecule has 0 unspecified atom stereocenters. The molecule has 3 rings (SSSR count). The average Bonchev–Trinajstić information content (AvgIpc) is 3.00. The lowest BCUT2D eigenvalue weighted by Crippen LogP contribution is -2.13. The Balaban J connectivity index is 1.62. The van der Waals surface area contributed by atoms with Gasteiger partial charge >= 0.3 is 6.18 Å². The molecule has 1 amide bonds. The number of aromatic amines is 1. The fraction of sp³-hybridized carbons (Fsp3) is 0.222. The molecule has 0 aliphatic rings. The van der Waals surface area contributed by atoms with Gasteiger partial charge in [0.1, 0.15) is 5.69 Å². The summed E-state index contributed by atoms with van der Waals surface area (Å²) in [6, 6.07) is 9.75. The van der Waals surface area contributed by atoms with Crippen LogP contribution in [0.15, 0.2) is 42.6 Å². The van der Waals surface area contributed by atoms with Crippen LogP contribution < -0.4 is 5.32 Å². The lowest BCUT2D eigenvalue weighted by atomic mass is 10.1. The number of H-pyrrole nitrogens is 1. The van der Waals surface area contributed by atoms with Crippen LogP contribution in [0.3, 0.4) is 0 Å². The Morgan fingerprint density at radius 3 is 2.72 bits per heavy atom. The van der Waals surface area contributed by atoms with Gasteiger partial charge in [-0.3, -0.25) is 4.79 Å². The number of halogens is 3. The van der Waals surface area contributed by atoms with Crippen LogP contribution in [0.5, 0.6) is 0 Å². The molecule has 3 aromatic rings. The molecule has 0 atom stereocenters. The number of anilines is 1. The van der Waals surface area contributed by atoms with Gasteiger partial charge in [0.05, 0.1) is 0 Å². The number of carbonyl (C=O) groups is 1. The van der Waals surface area contributed by atoms with E-state index < -0.39 is 11.9 Å². The number of fused-ring (bicyclic) bond motifs is 1. The number of aromatic nitrogens is 2. The quantitative estimate of drug-likeness (QED) is 0.732. The summed E-state index contributed by atoms with van der Waals surface area (Å²) in [6.45, 7) is 1.52. The van der Waals surface area contributed by atoms with Gasteiger partial charge in [0, 0.05) is 34.9 Å². The molecule has 2 heterocycles. The molecule has 1 aromatic carbocycles. The number of benzene rings is 1. The van der Waals surface area contributed by atoms with Crippen LogP contribution >= 0.6 is 0 Å². The van der Waals surface area contributed by atoms with Crippen LogP contribution in [0.1, 0.15) is 23.4 Å². The van der Waals surface area contributed by atoms with Gasteiger partial charge < -0.3 is 10.3 Å². The summed E-state index contributed by atoms with van der Waals surface area (Å²) in [5.41, 5.74) is 1.66. The van der Waals surface area contributed by atoms with E-state index in [0.29, 0.717) is 17.7 Å². The topological polar surface area (TPSA) is 57.8 Å². The minimum absolute atomic E-state index is 0.166. The molecule has 0 saturated heterocycles. The summed E-state index contributed by atoms with van der Waals surface area (Å²) < 4.78 is 37.8. The number of rotatable bonds is 4. The van der Waals surface area contributed by atoms with Crippen molar-refractivity contribution in [3.63, 3.8) is 0 Å². The molecule has 0 bridgehead atoms. The maximum absolute atomic E-state index is 12.6. The molecule has 4 nitrogen and oxygen atoms in total. The van der Waals surface area contributed by atoms with Gasteiger partial charge in [0.15, 0.2) is 0 Å². The first-order valence-corrected chi connectivity index (χ1v) is 7.73. The number of nitrogens with one attached hydrogen (secondary N) is 2. The summed E-state index contributed by atoms with van der Waals surface area (Å²) >= 11 is 0. The molecule has 0 radical (unpaired) electrons. The molecule has 7 heteroatoms. The smallest absolute Gasteiger partial charge is 0.361 e. The van der Waals surface area contributed by atoms with Gasteiger partial charge in [0.2, 0.25) is 5.91 Å². The first-order valence-electron chi connectivity index (χ1n) is 7.73. The van der Waals surface area contributed by atoms with Gasteiger partial charge in [-0.1, -0.05) is 6.07 Å². The number of pyridine rings is 1. The lowest BCUT2D eigenvalue weighted by molar-refractivity contribution is -0.141. The Kier molecular flexibility index (Phi) is 4.48. The third kappa shape index (κ3) is 3.99. The molecule has 0 saturated carbocycles. The largest absolute Gasteiger partial charge is 0.433 e. The Morgan fingerprint density at radius 2 is 2.00 bits per heavy atom. The number of nitrogens with zero attached hydrogens (tertiary/aromatic N) is 1. The van der Waals surface area contributed by atoms with Crippen molar-refractivity contribution in [3.05, 3.63) is 59.5 Å². The molecular weight excluding hydrogens is 331 g/mol. The standard InChI is InChI=1S/C18H16F3N3O/c1-11-12(2-6-16(23-11)18(19,20)21)3-7-17(25)24-14-4-5-15-13(10-14)8-9-22-15/h2,4-6,8-10,22H,3,7H2,1H3,(H,24,25). The highest BCUT2D eigenvalue weighted by Crippen LogP contribution is 2.28. The number of alkyl halides is 3. The Labute approximate surface area is 142 Å². The molecule has 130 valence electrons. The van der Waals surface area contributed by atoms with E-state index in [1.807, 2.05) is 24.4 Å². The van der Waals surface area contributed by atoms with Crippen molar-refractivity contribution in [2.75, 3.05) is 5.32 Å². The lowest BCUT2D eigenvalue weighted by Gasteiger charge is -2.10. The Hall–Kier alpha value is -2.83. The van der Waals surface area contributed by atoms with Crippen molar-refractivity contribution in [3.8, 4) is 0 Å². The van der Waals surface area contributed by atoms with Crippen LogP contribution in [0, 0.1) is 6.92 Å².